The maximum Gasteiger partial charge on any atom is 0.239 e. The third-order valence-corrected chi connectivity index (χ3v) is 4.62. The standard InChI is InChI=1S/C16H13ClN2O3S/c1-10(20)5-12-7-14(13-4-2-3-11(6-13)9-18)16(17)15(8-12)23(19,21)22/h2-4,6-8H,5H2,1H3,(H2,19,21,22). The van der Waals surface area contributed by atoms with Gasteiger partial charge in [0.1, 0.15) is 10.7 Å². The molecule has 0 saturated heterocycles. The second-order valence-corrected chi connectivity index (χ2v) is 6.98. The average molecular weight is 349 g/mol. The van der Waals surface area contributed by atoms with E-state index in [0.29, 0.717) is 22.3 Å². The first-order chi connectivity index (χ1) is 10.7. The lowest BCUT2D eigenvalue weighted by atomic mass is 9.99. The van der Waals surface area contributed by atoms with Gasteiger partial charge in [-0.05, 0) is 42.3 Å². The second kappa shape index (κ2) is 6.50. The molecule has 0 aliphatic carbocycles. The molecular formula is C16H13ClN2O3S. The van der Waals surface area contributed by atoms with Crippen molar-refractivity contribution in [3.05, 3.63) is 52.5 Å². The number of carbonyl (C=O) groups excluding carboxylic acids is 1. The van der Waals surface area contributed by atoms with Crippen molar-refractivity contribution in [3.63, 3.8) is 0 Å². The van der Waals surface area contributed by atoms with Crippen molar-refractivity contribution >= 4 is 27.4 Å². The highest BCUT2D eigenvalue weighted by Crippen LogP contribution is 2.34. The summed E-state index contributed by atoms with van der Waals surface area (Å²) in [5.74, 6) is -0.121. The minimum absolute atomic E-state index is 0.0325. The number of nitrogens with two attached hydrogens (primary N) is 1. The molecule has 0 aromatic heterocycles. The first-order valence-corrected chi connectivity index (χ1v) is 8.50. The van der Waals surface area contributed by atoms with Crippen LogP contribution in [-0.2, 0) is 21.2 Å². The van der Waals surface area contributed by atoms with Crippen molar-refractivity contribution < 1.29 is 13.2 Å². The van der Waals surface area contributed by atoms with Gasteiger partial charge >= 0.3 is 0 Å². The summed E-state index contributed by atoms with van der Waals surface area (Å²) >= 11 is 6.21. The van der Waals surface area contributed by atoms with Gasteiger partial charge in [-0.25, -0.2) is 13.6 Å². The van der Waals surface area contributed by atoms with Gasteiger partial charge in [0.25, 0.3) is 0 Å². The Kier molecular flexibility index (Phi) is 4.85. The number of primary sulfonamides is 1. The lowest BCUT2D eigenvalue weighted by molar-refractivity contribution is -0.116. The predicted molar refractivity (Wildman–Crippen MR) is 87.4 cm³/mol. The summed E-state index contributed by atoms with van der Waals surface area (Å²) in [6.07, 6.45) is 0.0601. The molecule has 7 heteroatoms. The van der Waals surface area contributed by atoms with Crippen LogP contribution in [0.25, 0.3) is 11.1 Å². The summed E-state index contributed by atoms with van der Waals surface area (Å²) in [5.41, 5.74) is 1.88. The van der Waals surface area contributed by atoms with Crippen LogP contribution in [0.15, 0.2) is 41.3 Å². The molecule has 0 aliphatic heterocycles. The number of sulfonamides is 1. The van der Waals surface area contributed by atoms with Crippen LogP contribution in [0.1, 0.15) is 18.1 Å². The summed E-state index contributed by atoms with van der Waals surface area (Å²) in [7, 11) is -4.05. The summed E-state index contributed by atoms with van der Waals surface area (Å²) in [5, 5.41) is 14.2. The monoisotopic (exact) mass is 348 g/mol. The Bertz CT molecular complexity index is 931. The molecule has 0 radical (unpaired) electrons. The van der Waals surface area contributed by atoms with Crippen molar-refractivity contribution in [2.75, 3.05) is 0 Å². The molecule has 0 bridgehead atoms. The van der Waals surface area contributed by atoms with E-state index in [-0.39, 0.29) is 22.1 Å². The maximum atomic E-state index is 11.8. The molecule has 0 amide bonds. The SMILES string of the molecule is CC(=O)Cc1cc(-c2cccc(C#N)c2)c(Cl)c(S(N)(=O)=O)c1. The van der Waals surface area contributed by atoms with Crippen molar-refractivity contribution in [1.29, 1.82) is 5.26 Å². The van der Waals surface area contributed by atoms with E-state index in [2.05, 4.69) is 0 Å². The van der Waals surface area contributed by atoms with Gasteiger partial charge in [0.2, 0.25) is 10.0 Å². The zero-order chi connectivity index (χ0) is 17.2. The molecule has 0 atom stereocenters. The molecule has 5 nitrogen and oxygen atoms in total. The number of nitrogens with zero attached hydrogens (tertiary/aromatic N) is 1. The van der Waals surface area contributed by atoms with Crippen LogP contribution in [0, 0.1) is 11.3 Å². The number of hydrogen-bond acceptors (Lipinski definition) is 4. The molecule has 0 heterocycles. The highest BCUT2D eigenvalue weighted by atomic mass is 35.5. The average Bonchev–Trinajstić information content (AvgIpc) is 2.47. The lowest BCUT2D eigenvalue weighted by Gasteiger charge is -2.12. The zero-order valence-electron chi connectivity index (χ0n) is 12.2. The highest BCUT2D eigenvalue weighted by molar-refractivity contribution is 7.89. The van der Waals surface area contributed by atoms with Crippen LogP contribution in [0.2, 0.25) is 5.02 Å². The predicted octanol–water partition coefficient (Wildman–Crippen LogP) is 2.66. The number of Topliss-reactive ketones (excluding diaryl/α,β-unsaturated/α-hetero) is 1. The molecule has 0 spiro atoms. The van der Waals surface area contributed by atoms with Gasteiger partial charge in [-0.2, -0.15) is 5.26 Å². The number of ketones is 1. The number of rotatable bonds is 4. The fourth-order valence-electron chi connectivity index (χ4n) is 2.22. The summed E-state index contributed by atoms with van der Waals surface area (Å²) in [4.78, 5) is 11.1. The van der Waals surface area contributed by atoms with Crippen LogP contribution in [-0.4, -0.2) is 14.2 Å². The number of nitriles is 1. The fraction of sp³-hybridized carbons (Fsp3) is 0.125. The van der Waals surface area contributed by atoms with Crippen molar-refractivity contribution in [1.82, 2.24) is 0 Å². The van der Waals surface area contributed by atoms with E-state index in [4.69, 9.17) is 22.0 Å². The van der Waals surface area contributed by atoms with Crippen LogP contribution in [0.4, 0.5) is 0 Å². The normalized spacial score (nSPS) is 11.0. The third kappa shape index (κ3) is 3.96. The number of benzene rings is 2. The van der Waals surface area contributed by atoms with E-state index < -0.39 is 10.0 Å². The molecule has 0 saturated carbocycles. The van der Waals surface area contributed by atoms with E-state index in [1.54, 1.807) is 30.3 Å². The smallest absolute Gasteiger partial charge is 0.239 e. The molecule has 2 aromatic rings. The highest BCUT2D eigenvalue weighted by Gasteiger charge is 2.19. The largest absolute Gasteiger partial charge is 0.300 e. The zero-order valence-corrected chi connectivity index (χ0v) is 13.8. The van der Waals surface area contributed by atoms with Crippen LogP contribution < -0.4 is 5.14 Å². The molecule has 2 N–H and O–H groups in total. The number of hydrogen-bond donors (Lipinski definition) is 1. The first kappa shape index (κ1) is 17.2. The quantitative estimate of drug-likeness (QED) is 0.917. The van der Waals surface area contributed by atoms with E-state index in [1.165, 1.54) is 13.0 Å². The van der Waals surface area contributed by atoms with E-state index in [1.807, 2.05) is 6.07 Å². The summed E-state index contributed by atoms with van der Waals surface area (Å²) in [6, 6.07) is 11.5. The van der Waals surface area contributed by atoms with Gasteiger partial charge in [0.15, 0.2) is 0 Å². The van der Waals surface area contributed by atoms with Gasteiger partial charge in [0, 0.05) is 12.0 Å². The van der Waals surface area contributed by atoms with Crippen LogP contribution in [0.3, 0.4) is 0 Å². The van der Waals surface area contributed by atoms with E-state index in [9.17, 15) is 13.2 Å². The number of carbonyl (C=O) groups is 1. The topological polar surface area (TPSA) is 101 Å². The Morgan fingerprint density at radius 1 is 1.30 bits per heavy atom. The van der Waals surface area contributed by atoms with Crippen molar-refractivity contribution in [3.8, 4) is 17.2 Å². The molecule has 2 aromatic carbocycles. The number of halogens is 1. The van der Waals surface area contributed by atoms with Gasteiger partial charge in [-0.3, -0.25) is 4.79 Å². The van der Waals surface area contributed by atoms with Crippen LogP contribution >= 0.6 is 11.6 Å². The Labute approximate surface area is 139 Å². The Morgan fingerprint density at radius 3 is 2.57 bits per heavy atom. The van der Waals surface area contributed by atoms with Crippen LogP contribution in [0.5, 0.6) is 0 Å². The van der Waals surface area contributed by atoms with Gasteiger partial charge in [-0.1, -0.05) is 23.7 Å². The summed E-state index contributed by atoms with van der Waals surface area (Å²) < 4.78 is 23.5. The third-order valence-electron chi connectivity index (χ3n) is 3.16. The molecule has 0 fully saturated rings. The molecule has 0 unspecified atom stereocenters. The van der Waals surface area contributed by atoms with Gasteiger partial charge < -0.3 is 0 Å². The minimum Gasteiger partial charge on any atom is -0.300 e. The first-order valence-electron chi connectivity index (χ1n) is 6.57. The van der Waals surface area contributed by atoms with E-state index >= 15 is 0 Å². The molecule has 2 rings (SSSR count). The Morgan fingerprint density at radius 2 is 2.00 bits per heavy atom. The molecule has 118 valence electrons. The van der Waals surface area contributed by atoms with Crippen molar-refractivity contribution in [2.24, 2.45) is 5.14 Å². The van der Waals surface area contributed by atoms with Crippen molar-refractivity contribution in [2.45, 2.75) is 18.2 Å². The van der Waals surface area contributed by atoms with Gasteiger partial charge in [0.05, 0.1) is 16.7 Å². The minimum atomic E-state index is -4.05. The van der Waals surface area contributed by atoms with E-state index in [0.717, 1.165) is 0 Å². The summed E-state index contributed by atoms with van der Waals surface area (Å²) in [6.45, 7) is 1.40. The van der Waals surface area contributed by atoms with Gasteiger partial charge in [-0.15, -0.1) is 0 Å². The fourth-order valence-corrected chi connectivity index (χ4v) is 3.43. The molecule has 0 aliphatic rings. The Hall–Kier alpha value is -2.20. The maximum absolute atomic E-state index is 11.8. The molecule has 23 heavy (non-hydrogen) atoms. The Balaban J connectivity index is 2.76. The lowest BCUT2D eigenvalue weighted by Crippen LogP contribution is -2.14. The molecular weight excluding hydrogens is 336 g/mol. The second-order valence-electron chi connectivity index (χ2n) is 5.07.